The third kappa shape index (κ3) is 5.31. The van der Waals surface area contributed by atoms with Crippen LogP contribution in [0.25, 0.3) is 5.57 Å². The first-order valence-corrected chi connectivity index (χ1v) is 10.3. The van der Waals surface area contributed by atoms with E-state index in [-0.39, 0.29) is 18.2 Å². The molecule has 8 nitrogen and oxygen atoms in total. The third-order valence-electron chi connectivity index (χ3n) is 5.24. The van der Waals surface area contributed by atoms with Crippen molar-refractivity contribution in [2.45, 2.75) is 19.4 Å². The van der Waals surface area contributed by atoms with E-state index in [1.165, 1.54) is 0 Å². The fourth-order valence-electron chi connectivity index (χ4n) is 3.53. The van der Waals surface area contributed by atoms with Crippen LogP contribution in [0, 0.1) is 0 Å². The summed E-state index contributed by atoms with van der Waals surface area (Å²) >= 11 is 0. The van der Waals surface area contributed by atoms with Gasteiger partial charge in [0.1, 0.15) is 5.69 Å². The highest BCUT2D eigenvalue weighted by atomic mass is 16.5. The SMILES string of the molecule is O=C(NO)c1ccc(CNC(=O)c2[nH]c(Cc3ccoc3)cc2C2=CC=C(O)CC=C2)cc1. The third-order valence-corrected chi connectivity index (χ3v) is 5.24. The van der Waals surface area contributed by atoms with Gasteiger partial charge >= 0.3 is 0 Å². The smallest absolute Gasteiger partial charge is 0.274 e. The van der Waals surface area contributed by atoms with Crippen LogP contribution < -0.4 is 10.8 Å². The van der Waals surface area contributed by atoms with E-state index >= 15 is 0 Å². The Hall–Kier alpha value is -4.30. The van der Waals surface area contributed by atoms with Crippen molar-refractivity contribution in [3.8, 4) is 0 Å². The highest BCUT2D eigenvalue weighted by Crippen LogP contribution is 2.26. The second kappa shape index (κ2) is 9.88. The lowest BCUT2D eigenvalue weighted by Crippen LogP contribution is -2.24. The number of carbonyl (C=O) groups is 2. The molecule has 0 spiro atoms. The molecule has 0 saturated carbocycles. The number of aliphatic hydroxyl groups excluding tert-OH is 1. The maximum Gasteiger partial charge on any atom is 0.274 e. The summed E-state index contributed by atoms with van der Waals surface area (Å²) in [5.41, 5.74) is 6.46. The molecule has 0 unspecified atom stereocenters. The lowest BCUT2D eigenvalue weighted by atomic mass is 10.0. The average Bonchev–Trinajstić information content (AvgIpc) is 3.44. The molecular weight excluding hydrogens is 422 g/mol. The van der Waals surface area contributed by atoms with Crippen LogP contribution in [0.5, 0.6) is 0 Å². The molecule has 5 N–H and O–H groups in total. The van der Waals surface area contributed by atoms with E-state index in [0.29, 0.717) is 24.1 Å². The number of aromatic nitrogens is 1. The number of aliphatic hydroxyl groups is 1. The van der Waals surface area contributed by atoms with Crippen molar-refractivity contribution in [2.75, 3.05) is 0 Å². The summed E-state index contributed by atoms with van der Waals surface area (Å²) < 4.78 is 5.14. The van der Waals surface area contributed by atoms with Gasteiger partial charge in [-0.1, -0.05) is 30.4 Å². The summed E-state index contributed by atoms with van der Waals surface area (Å²) in [6.07, 6.45) is 11.4. The Morgan fingerprint density at radius 1 is 1.06 bits per heavy atom. The number of nitrogens with one attached hydrogen (secondary N) is 3. The molecular formula is C25H23N3O5. The number of hydroxylamine groups is 1. The number of hydrogen-bond acceptors (Lipinski definition) is 5. The number of aromatic amines is 1. The number of rotatable bonds is 7. The summed E-state index contributed by atoms with van der Waals surface area (Å²) in [6, 6.07) is 10.3. The largest absolute Gasteiger partial charge is 0.512 e. The van der Waals surface area contributed by atoms with Gasteiger partial charge in [-0.25, -0.2) is 5.48 Å². The first kappa shape index (κ1) is 21.9. The van der Waals surface area contributed by atoms with Crippen molar-refractivity contribution >= 4 is 17.4 Å². The van der Waals surface area contributed by atoms with Crippen molar-refractivity contribution in [1.29, 1.82) is 0 Å². The Kier molecular flexibility index (Phi) is 6.56. The molecule has 1 aliphatic carbocycles. The van der Waals surface area contributed by atoms with Crippen LogP contribution in [0.4, 0.5) is 0 Å². The minimum Gasteiger partial charge on any atom is -0.512 e. The van der Waals surface area contributed by atoms with Gasteiger partial charge in [-0.3, -0.25) is 14.8 Å². The molecule has 0 fully saturated rings. The predicted molar refractivity (Wildman–Crippen MR) is 122 cm³/mol. The number of allylic oxidation sites excluding steroid dienone is 5. The first-order chi connectivity index (χ1) is 16.0. The Morgan fingerprint density at radius 3 is 2.61 bits per heavy atom. The standard InChI is InChI=1S/C25H23N3O5/c29-21-3-1-2-18(8-9-21)22-13-20(12-17-10-11-33-15-17)27-23(22)25(31)26-14-16-4-6-19(7-5-16)24(30)28-32/h1-2,4-11,13,15,27,29,32H,3,12,14H2,(H,26,31)(H,28,30). The maximum atomic E-state index is 13.1. The number of furan rings is 1. The molecule has 1 aliphatic rings. The van der Waals surface area contributed by atoms with Crippen LogP contribution in [-0.2, 0) is 13.0 Å². The van der Waals surface area contributed by atoms with Crippen molar-refractivity contribution in [2.24, 2.45) is 0 Å². The van der Waals surface area contributed by atoms with E-state index in [9.17, 15) is 14.7 Å². The average molecular weight is 445 g/mol. The number of carbonyl (C=O) groups excluding carboxylic acids is 2. The number of H-pyrrole nitrogens is 1. The molecule has 1 aromatic carbocycles. The second-order valence-corrected chi connectivity index (χ2v) is 7.60. The van der Waals surface area contributed by atoms with E-state index in [2.05, 4.69) is 10.3 Å². The molecule has 0 aliphatic heterocycles. The van der Waals surface area contributed by atoms with Gasteiger partial charge in [-0.05, 0) is 47.0 Å². The van der Waals surface area contributed by atoms with E-state index in [4.69, 9.17) is 9.62 Å². The van der Waals surface area contributed by atoms with Crippen LogP contribution in [0.1, 0.15) is 49.7 Å². The maximum absolute atomic E-state index is 13.1. The zero-order valence-electron chi connectivity index (χ0n) is 17.7. The summed E-state index contributed by atoms with van der Waals surface area (Å²) in [6.45, 7) is 0.255. The molecule has 4 rings (SSSR count). The predicted octanol–water partition coefficient (Wildman–Crippen LogP) is 4.03. The molecule has 0 bridgehead atoms. The van der Waals surface area contributed by atoms with E-state index < -0.39 is 5.91 Å². The highest BCUT2D eigenvalue weighted by Gasteiger charge is 2.18. The van der Waals surface area contributed by atoms with E-state index in [1.807, 2.05) is 24.3 Å². The van der Waals surface area contributed by atoms with Gasteiger partial charge in [0.15, 0.2) is 0 Å². The van der Waals surface area contributed by atoms with Crippen LogP contribution in [-0.4, -0.2) is 27.1 Å². The summed E-state index contributed by atoms with van der Waals surface area (Å²) in [5, 5.41) is 21.4. The van der Waals surface area contributed by atoms with E-state index in [1.54, 1.807) is 54.4 Å². The fraction of sp³-hybridized carbons (Fsp3) is 0.120. The number of hydrogen-bond donors (Lipinski definition) is 5. The van der Waals surface area contributed by atoms with Gasteiger partial charge in [0, 0.05) is 36.2 Å². The monoisotopic (exact) mass is 445 g/mol. The van der Waals surface area contributed by atoms with Gasteiger partial charge in [0.05, 0.1) is 18.3 Å². The summed E-state index contributed by atoms with van der Waals surface area (Å²) in [4.78, 5) is 27.8. The first-order valence-electron chi connectivity index (χ1n) is 10.3. The van der Waals surface area contributed by atoms with Crippen molar-refractivity contribution in [3.63, 3.8) is 0 Å². The molecule has 2 heterocycles. The fourth-order valence-corrected chi connectivity index (χ4v) is 3.53. The Labute approximate surface area is 189 Å². The van der Waals surface area contributed by atoms with Gasteiger partial charge in [0.25, 0.3) is 11.8 Å². The Bertz CT molecular complexity index is 1230. The lowest BCUT2D eigenvalue weighted by Gasteiger charge is -2.08. The zero-order valence-corrected chi connectivity index (χ0v) is 17.7. The normalized spacial score (nSPS) is 13.1. The minimum atomic E-state index is -0.600. The van der Waals surface area contributed by atoms with Crippen molar-refractivity contribution in [1.82, 2.24) is 15.8 Å². The van der Waals surface area contributed by atoms with Crippen molar-refractivity contribution in [3.05, 3.63) is 113 Å². The molecule has 8 heteroatoms. The summed E-state index contributed by atoms with van der Waals surface area (Å²) in [7, 11) is 0. The molecule has 0 atom stereocenters. The quantitative estimate of drug-likeness (QED) is 0.277. The Balaban J connectivity index is 1.56. The molecule has 3 aromatic rings. The molecule has 2 amide bonds. The van der Waals surface area contributed by atoms with Crippen LogP contribution in [0.15, 0.2) is 83.4 Å². The second-order valence-electron chi connectivity index (χ2n) is 7.60. The number of amides is 2. The van der Waals surface area contributed by atoms with Crippen molar-refractivity contribution < 1.29 is 24.3 Å². The Morgan fingerprint density at radius 2 is 1.88 bits per heavy atom. The number of benzene rings is 1. The molecule has 2 aromatic heterocycles. The minimum absolute atomic E-state index is 0.250. The lowest BCUT2D eigenvalue weighted by molar-refractivity contribution is 0.0706. The molecule has 0 saturated heterocycles. The van der Waals surface area contributed by atoms with Gasteiger partial charge in [0.2, 0.25) is 0 Å². The molecule has 168 valence electrons. The van der Waals surface area contributed by atoms with E-state index in [0.717, 1.165) is 28.0 Å². The van der Waals surface area contributed by atoms with Gasteiger partial charge < -0.3 is 19.8 Å². The van der Waals surface area contributed by atoms with Gasteiger partial charge in [-0.15, -0.1) is 0 Å². The van der Waals surface area contributed by atoms with Gasteiger partial charge in [-0.2, -0.15) is 0 Å². The topological polar surface area (TPSA) is 128 Å². The molecule has 0 radical (unpaired) electrons. The van der Waals surface area contributed by atoms with Crippen LogP contribution in [0.2, 0.25) is 0 Å². The van der Waals surface area contributed by atoms with Crippen LogP contribution in [0.3, 0.4) is 0 Å². The zero-order chi connectivity index (χ0) is 23.2. The summed E-state index contributed by atoms with van der Waals surface area (Å²) in [5.74, 6) is -0.635. The highest BCUT2D eigenvalue weighted by molar-refractivity contribution is 5.99. The van der Waals surface area contributed by atoms with Crippen LogP contribution >= 0.6 is 0 Å². The molecule has 33 heavy (non-hydrogen) atoms.